The van der Waals surface area contributed by atoms with E-state index in [9.17, 15) is 9.90 Å². The van der Waals surface area contributed by atoms with Crippen molar-refractivity contribution in [1.29, 1.82) is 0 Å². The lowest BCUT2D eigenvalue weighted by molar-refractivity contribution is 0.173. The molecule has 0 fully saturated rings. The van der Waals surface area contributed by atoms with E-state index in [4.69, 9.17) is 0 Å². The molecule has 7 nitrogen and oxygen atoms in total. The molecule has 0 aromatic carbocycles. The van der Waals surface area contributed by atoms with Crippen LogP contribution in [-0.4, -0.2) is 32.4 Å². The van der Waals surface area contributed by atoms with Gasteiger partial charge in [-0.2, -0.15) is 5.10 Å². The lowest BCUT2D eigenvalue weighted by atomic mass is 10.0. The van der Waals surface area contributed by atoms with Crippen molar-refractivity contribution in [2.45, 2.75) is 45.6 Å². The molecule has 2 aromatic heterocycles. The summed E-state index contributed by atoms with van der Waals surface area (Å²) in [6.07, 6.45) is 3.62. The fourth-order valence-corrected chi connectivity index (χ4v) is 4.16. The zero-order chi connectivity index (χ0) is 17.3. The van der Waals surface area contributed by atoms with E-state index < -0.39 is 6.10 Å². The standard InChI is InChI=1S/C16H23N5O2S/c1-9-14(10(2)21(3)20-9)12(22)8-17-15(23)19-16-18-11-6-4-5-7-13(11)24-16/h12,22H,4-8H2,1-3H3,(H2,17,18,19,23). The maximum absolute atomic E-state index is 12.0. The number of hydrogen-bond acceptors (Lipinski definition) is 5. The van der Waals surface area contributed by atoms with Crippen LogP contribution in [0.15, 0.2) is 0 Å². The monoisotopic (exact) mass is 349 g/mol. The predicted octanol–water partition coefficient (Wildman–Crippen LogP) is 2.23. The number of carbonyl (C=O) groups is 1. The summed E-state index contributed by atoms with van der Waals surface area (Å²) in [5.41, 5.74) is 3.55. The number of urea groups is 1. The Morgan fingerprint density at radius 1 is 1.38 bits per heavy atom. The molecule has 0 aliphatic heterocycles. The molecule has 0 saturated heterocycles. The van der Waals surface area contributed by atoms with Crippen LogP contribution in [0.5, 0.6) is 0 Å². The highest BCUT2D eigenvalue weighted by atomic mass is 32.1. The lowest BCUT2D eigenvalue weighted by Crippen LogP contribution is -2.32. The van der Waals surface area contributed by atoms with Gasteiger partial charge in [-0.3, -0.25) is 10.00 Å². The predicted molar refractivity (Wildman–Crippen MR) is 93.4 cm³/mol. The molecule has 130 valence electrons. The molecule has 8 heteroatoms. The van der Waals surface area contributed by atoms with Crippen molar-refractivity contribution >= 4 is 22.5 Å². The Morgan fingerprint density at radius 3 is 2.79 bits per heavy atom. The molecule has 2 aromatic rings. The molecule has 0 bridgehead atoms. The number of hydrogen-bond donors (Lipinski definition) is 3. The molecule has 1 aliphatic rings. The Morgan fingerprint density at radius 2 is 2.12 bits per heavy atom. The molecule has 2 amide bonds. The maximum Gasteiger partial charge on any atom is 0.321 e. The minimum Gasteiger partial charge on any atom is -0.386 e. The van der Waals surface area contributed by atoms with E-state index in [0.717, 1.165) is 35.5 Å². The van der Waals surface area contributed by atoms with E-state index in [2.05, 4.69) is 20.7 Å². The minimum absolute atomic E-state index is 0.129. The molecule has 24 heavy (non-hydrogen) atoms. The zero-order valence-corrected chi connectivity index (χ0v) is 15.0. The molecule has 1 aliphatic carbocycles. The molecular formula is C16H23N5O2S. The van der Waals surface area contributed by atoms with Crippen molar-refractivity contribution in [3.63, 3.8) is 0 Å². The van der Waals surface area contributed by atoms with Crippen LogP contribution in [0.25, 0.3) is 0 Å². The summed E-state index contributed by atoms with van der Waals surface area (Å²) in [6, 6.07) is -0.348. The Bertz CT molecular complexity index is 728. The number of carbonyl (C=O) groups excluding carboxylic acids is 1. The average Bonchev–Trinajstić information content (AvgIpc) is 3.05. The van der Waals surface area contributed by atoms with Crippen molar-refractivity contribution in [2.75, 3.05) is 11.9 Å². The fourth-order valence-electron chi connectivity index (χ4n) is 3.11. The first-order valence-electron chi connectivity index (χ1n) is 8.17. The van der Waals surface area contributed by atoms with E-state index in [0.29, 0.717) is 5.13 Å². The second-order valence-electron chi connectivity index (χ2n) is 6.15. The average molecular weight is 349 g/mol. The van der Waals surface area contributed by atoms with Gasteiger partial charge in [0.15, 0.2) is 5.13 Å². The second-order valence-corrected chi connectivity index (χ2v) is 7.24. The molecule has 0 saturated carbocycles. The Kier molecular flexibility index (Phi) is 4.86. The van der Waals surface area contributed by atoms with Gasteiger partial charge >= 0.3 is 6.03 Å². The van der Waals surface area contributed by atoms with Crippen molar-refractivity contribution in [3.8, 4) is 0 Å². The SMILES string of the molecule is Cc1nn(C)c(C)c1C(O)CNC(=O)Nc1nc2c(s1)CCCC2. The topological polar surface area (TPSA) is 92.1 Å². The molecule has 3 N–H and O–H groups in total. The molecule has 0 radical (unpaired) electrons. The summed E-state index contributed by atoms with van der Waals surface area (Å²) in [7, 11) is 1.84. The number of aryl methyl sites for hydroxylation is 4. The third-order valence-electron chi connectivity index (χ3n) is 4.42. The van der Waals surface area contributed by atoms with Crippen LogP contribution in [0.1, 0.15) is 46.5 Å². The van der Waals surface area contributed by atoms with E-state index in [1.165, 1.54) is 17.7 Å². The summed E-state index contributed by atoms with van der Waals surface area (Å²) in [5, 5.41) is 20.7. The van der Waals surface area contributed by atoms with E-state index in [1.54, 1.807) is 16.0 Å². The van der Waals surface area contributed by atoms with Crippen LogP contribution in [0.4, 0.5) is 9.93 Å². The summed E-state index contributed by atoms with van der Waals surface area (Å²) < 4.78 is 1.73. The summed E-state index contributed by atoms with van der Waals surface area (Å²) in [6.45, 7) is 3.88. The van der Waals surface area contributed by atoms with Crippen molar-refractivity contribution in [2.24, 2.45) is 7.05 Å². The number of nitrogens with zero attached hydrogens (tertiary/aromatic N) is 3. The van der Waals surface area contributed by atoms with Crippen molar-refractivity contribution in [3.05, 3.63) is 27.5 Å². The van der Waals surface area contributed by atoms with Gasteiger partial charge in [0, 0.05) is 29.7 Å². The van der Waals surface area contributed by atoms with Crippen LogP contribution in [0, 0.1) is 13.8 Å². The summed E-state index contributed by atoms with van der Waals surface area (Å²) in [5.74, 6) is 0. The third kappa shape index (κ3) is 3.44. The normalized spacial score (nSPS) is 15.0. The van der Waals surface area contributed by atoms with Crippen molar-refractivity contribution < 1.29 is 9.90 Å². The van der Waals surface area contributed by atoms with Crippen LogP contribution in [0.2, 0.25) is 0 Å². The van der Waals surface area contributed by atoms with Crippen LogP contribution in [0.3, 0.4) is 0 Å². The van der Waals surface area contributed by atoms with Gasteiger partial charge in [0.25, 0.3) is 0 Å². The number of amides is 2. The van der Waals surface area contributed by atoms with Gasteiger partial charge in [-0.25, -0.2) is 9.78 Å². The lowest BCUT2D eigenvalue weighted by Gasteiger charge is -2.12. The van der Waals surface area contributed by atoms with E-state index in [1.807, 2.05) is 20.9 Å². The van der Waals surface area contributed by atoms with Gasteiger partial charge in [-0.15, -0.1) is 11.3 Å². The second kappa shape index (κ2) is 6.90. The number of thiazole rings is 1. The van der Waals surface area contributed by atoms with Gasteiger partial charge in [-0.05, 0) is 39.5 Å². The Hall–Kier alpha value is -1.93. The smallest absolute Gasteiger partial charge is 0.321 e. The molecule has 1 atom stereocenters. The first-order valence-corrected chi connectivity index (χ1v) is 8.99. The first-order chi connectivity index (χ1) is 11.5. The van der Waals surface area contributed by atoms with Gasteiger partial charge in [-0.1, -0.05) is 0 Å². The van der Waals surface area contributed by atoms with Gasteiger partial charge in [0.2, 0.25) is 0 Å². The summed E-state index contributed by atoms with van der Waals surface area (Å²) >= 11 is 1.54. The Balaban J connectivity index is 1.56. The highest BCUT2D eigenvalue weighted by molar-refractivity contribution is 7.15. The highest BCUT2D eigenvalue weighted by Gasteiger charge is 2.20. The van der Waals surface area contributed by atoms with E-state index >= 15 is 0 Å². The Labute approximate surface area is 145 Å². The highest BCUT2D eigenvalue weighted by Crippen LogP contribution is 2.29. The first kappa shape index (κ1) is 16.9. The number of aromatic nitrogens is 3. The largest absolute Gasteiger partial charge is 0.386 e. The van der Waals surface area contributed by atoms with Crippen LogP contribution in [-0.2, 0) is 19.9 Å². The minimum atomic E-state index is -0.783. The number of nitrogens with one attached hydrogen (secondary N) is 2. The van der Waals surface area contributed by atoms with Gasteiger partial charge in [0.1, 0.15) is 0 Å². The van der Waals surface area contributed by atoms with Crippen molar-refractivity contribution in [1.82, 2.24) is 20.1 Å². The number of fused-ring (bicyclic) bond motifs is 1. The number of rotatable bonds is 4. The number of aliphatic hydroxyl groups excluding tert-OH is 1. The van der Waals surface area contributed by atoms with Crippen LogP contribution >= 0.6 is 11.3 Å². The molecule has 0 spiro atoms. The molecular weight excluding hydrogens is 326 g/mol. The fraction of sp³-hybridized carbons (Fsp3) is 0.562. The van der Waals surface area contributed by atoms with Gasteiger partial charge < -0.3 is 10.4 Å². The number of aliphatic hydroxyl groups is 1. The van der Waals surface area contributed by atoms with Crippen LogP contribution < -0.4 is 10.6 Å². The number of anilines is 1. The summed E-state index contributed by atoms with van der Waals surface area (Å²) in [4.78, 5) is 17.8. The molecule has 3 rings (SSSR count). The zero-order valence-electron chi connectivity index (χ0n) is 14.2. The third-order valence-corrected chi connectivity index (χ3v) is 5.49. The maximum atomic E-state index is 12.0. The van der Waals surface area contributed by atoms with E-state index in [-0.39, 0.29) is 12.6 Å². The quantitative estimate of drug-likeness (QED) is 0.789. The molecule has 1 unspecified atom stereocenters. The van der Waals surface area contributed by atoms with Gasteiger partial charge in [0.05, 0.1) is 17.5 Å². The molecule has 2 heterocycles.